The molecule has 3 aromatic heterocycles. The number of nitrogens with one attached hydrogen (secondary N) is 1. The zero-order chi connectivity index (χ0) is 21.5. The van der Waals surface area contributed by atoms with Gasteiger partial charge in [0.05, 0.1) is 16.7 Å². The maximum atomic E-state index is 13.2. The Hall–Kier alpha value is -2.41. The number of nitriles is 1. The number of carbonyl (C=O) groups excluding carboxylic acids is 1. The summed E-state index contributed by atoms with van der Waals surface area (Å²) >= 11 is 4.35. The van der Waals surface area contributed by atoms with Crippen LogP contribution in [-0.2, 0) is 37.0 Å². The molecule has 2 aliphatic carbocycles. The number of aromatic nitrogens is 2. The number of anilines is 1. The highest BCUT2D eigenvalue weighted by Crippen LogP contribution is 2.39. The summed E-state index contributed by atoms with van der Waals surface area (Å²) < 4.78 is 1.61. The van der Waals surface area contributed by atoms with E-state index >= 15 is 0 Å². The van der Waals surface area contributed by atoms with Gasteiger partial charge in [-0.2, -0.15) is 5.26 Å². The van der Waals surface area contributed by atoms with E-state index < -0.39 is 0 Å². The Morgan fingerprint density at radius 2 is 1.97 bits per heavy atom. The lowest BCUT2D eigenvalue weighted by Crippen LogP contribution is -2.24. The summed E-state index contributed by atoms with van der Waals surface area (Å²) in [4.78, 5) is 33.8. The molecule has 0 atom stereocenters. The van der Waals surface area contributed by atoms with E-state index in [2.05, 4.69) is 18.0 Å². The minimum atomic E-state index is -0.199. The van der Waals surface area contributed by atoms with Gasteiger partial charge in [0, 0.05) is 16.3 Å². The van der Waals surface area contributed by atoms with Crippen molar-refractivity contribution in [2.45, 2.75) is 50.2 Å². The number of hydrogen-bond donors (Lipinski definition) is 1. The van der Waals surface area contributed by atoms with Gasteiger partial charge in [0.15, 0.2) is 5.16 Å². The maximum absolute atomic E-state index is 13.2. The van der Waals surface area contributed by atoms with Crippen LogP contribution in [-0.4, -0.2) is 21.2 Å². The molecule has 9 heteroatoms. The molecule has 6 nitrogen and oxygen atoms in total. The van der Waals surface area contributed by atoms with Crippen LogP contribution in [0.5, 0.6) is 0 Å². The Balaban J connectivity index is 1.39. The van der Waals surface area contributed by atoms with Crippen molar-refractivity contribution < 1.29 is 4.79 Å². The molecule has 0 aliphatic heterocycles. The van der Waals surface area contributed by atoms with Crippen LogP contribution >= 0.6 is 34.4 Å². The summed E-state index contributed by atoms with van der Waals surface area (Å²) in [5.74, 6) is -0.0808. The predicted octanol–water partition coefficient (Wildman–Crippen LogP) is 4.29. The van der Waals surface area contributed by atoms with E-state index in [1.165, 1.54) is 32.9 Å². The number of hydrogen-bond acceptors (Lipinski definition) is 7. The fraction of sp³-hybridized carbons (Fsp3) is 0.364. The van der Waals surface area contributed by atoms with Crippen molar-refractivity contribution in [1.29, 1.82) is 5.26 Å². The standard InChI is InChI=1S/C22H20N4O2S3/c1-2-9-26-21(28)18-13-6-4-8-16(13)31-20(18)25-22(26)29-11-17(27)24-19-14(10-23)12-5-3-7-15(12)30-19/h2H,1,3-9,11H2,(H,24,27). The molecule has 2 aliphatic rings. The average molecular weight is 469 g/mol. The fourth-order valence-corrected chi connectivity index (χ4v) is 7.73. The summed E-state index contributed by atoms with van der Waals surface area (Å²) in [6.45, 7) is 4.12. The van der Waals surface area contributed by atoms with Gasteiger partial charge in [-0.1, -0.05) is 17.8 Å². The molecule has 0 unspecified atom stereocenters. The van der Waals surface area contributed by atoms with E-state index in [0.29, 0.717) is 22.3 Å². The number of nitrogens with zero attached hydrogens (tertiary/aromatic N) is 3. The van der Waals surface area contributed by atoms with Crippen LogP contribution < -0.4 is 10.9 Å². The number of rotatable bonds is 6. The normalized spacial score (nSPS) is 14.4. The SMILES string of the molecule is C=CCn1c(SCC(=O)Nc2sc3c(c2C#N)CCC3)nc2sc3c(c2c1=O)CCC3. The third-order valence-electron chi connectivity index (χ3n) is 5.72. The Bertz CT molecular complexity index is 1330. The smallest absolute Gasteiger partial charge is 0.263 e. The van der Waals surface area contributed by atoms with Gasteiger partial charge < -0.3 is 5.32 Å². The minimum absolute atomic E-state index is 0.0475. The molecule has 1 N–H and O–H groups in total. The molecule has 158 valence electrons. The molecular weight excluding hydrogens is 448 g/mol. The molecule has 5 rings (SSSR count). The van der Waals surface area contributed by atoms with E-state index in [9.17, 15) is 14.9 Å². The first-order chi connectivity index (χ1) is 15.1. The van der Waals surface area contributed by atoms with Crippen molar-refractivity contribution in [3.8, 4) is 6.07 Å². The van der Waals surface area contributed by atoms with Crippen LogP contribution in [0.2, 0.25) is 0 Å². The Labute approximate surface area is 191 Å². The third kappa shape index (κ3) is 3.53. The van der Waals surface area contributed by atoms with Crippen LogP contribution in [0, 0.1) is 11.3 Å². The molecule has 0 radical (unpaired) electrons. The number of carbonyl (C=O) groups is 1. The van der Waals surface area contributed by atoms with Crippen molar-refractivity contribution in [3.05, 3.63) is 49.5 Å². The van der Waals surface area contributed by atoms with Gasteiger partial charge in [0.25, 0.3) is 5.56 Å². The van der Waals surface area contributed by atoms with E-state index in [4.69, 9.17) is 4.98 Å². The van der Waals surface area contributed by atoms with Crippen LogP contribution in [0.25, 0.3) is 10.2 Å². The zero-order valence-corrected chi connectivity index (χ0v) is 19.3. The monoisotopic (exact) mass is 468 g/mol. The number of aryl methyl sites for hydroxylation is 3. The second-order valence-electron chi connectivity index (χ2n) is 7.65. The summed E-state index contributed by atoms with van der Waals surface area (Å²) in [5, 5.41) is 14.3. The Kier molecular flexibility index (Phi) is 5.46. The number of allylic oxidation sites excluding steroid dienone is 1. The molecular formula is C22H20N4O2S3. The molecule has 0 fully saturated rings. The third-order valence-corrected chi connectivity index (χ3v) is 9.09. The summed E-state index contributed by atoms with van der Waals surface area (Å²) in [6.07, 6.45) is 7.66. The topological polar surface area (TPSA) is 87.8 Å². The van der Waals surface area contributed by atoms with Crippen molar-refractivity contribution in [2.24, 2.45) is 0 Å². The van der Waals surface area contributed by atoms with Gasteiger partial charge in [-0.15, -0.1) is 29.3 Å². The molecule has 0 aromatic carbocycles. The molecule has 3 aromatic rings. The zero-order valence-electron chi connectivity index (χ0n) is 16.8. The predicted molar refractivity (Wildman–Crippen MR) is 127 cm³/mol. The second-order valence-corrected chi connectivity index (χ2v) is 10.8. The van der Waals surface area contributed by atoms with Crippen LogP contribution in [0.15, 0.2) is 22.6 Å². The van der Waals surface area contributed by atoms with Gasteiger partial charge >= 0.3 is 0 Å². The number of fused-ring (bicyclic) bond motifs is 4. The Morgan fingerprint density at radius 1 is 1.23 bits per heavy atom. The molecule has 31 heavy (non-hydrogen) atoms. The largest absolute Gasteiger partial charge is 0.316 e. The molecule has 0 bridgehead atoms. The lowest BCUT2D eigenvalue weighted by atomic mass is 10.1. The molecule has 0 saturated carbocycles. The lowest BCUT2D eigenvalue weighted by molar-refractivity contribution is -0.113. The van der Waals surface area contributed by atoms with Crippen molar-refractivity contribution >= 4 is 55.6 Å². The molecule has 0 saturated heterocycles. The van der Waals surface area contributed by atoms with Gasteiger partial charge in [-0.25, -0.2) is 4.98 Å². The van der Waals surface area contributed by atoms with E-state index in [0.717, 1.165) is 59.9 Å². The van der Waals surface area contributed by atoms with Crippen LogP contribution in [0.4, 0.5) is 5.00 Å². The van der Waals surface area contributed by atoms with Crippen molar-refractivity contribution in [1.82, 2.24) is 9.55 Å². The highest BCUT2D eigenvalue weighted by atomic mass is 32.2. The van der Waals surface area contributed by atoms with E-state index in [1.54, 1.807) is 22.0 Å². The second kappa shape index (κ2) is 8.26. The van der Waals surface area contributed by atoms with Crippen molar-refractivity contribution in [2.75, 3.05) is 11.1 Å². The number of thioether (sulfide) groups is 1. The molecule has 0 spiro atoms. The highest BCUT2D eigenvalue weighted by molar-refractivity contribution is 7.99. The van der Waals surface area contributed by atoms with E-state index in [-0.39, 0.29) is 17.2 Å². The minimum Gasteiger partial charge on any atom is -0.316 e. The number of amides is 1. The first-order valence-electron chi connectivity index (χ1n) is 10.2. The average Bonchev–Trinajstić information content (AvgIpc) is 3.49. The Morgan fingerprint density at radius 3 is 2.71 bits per heavy atom. The van der Waals surface area contributed by atoms with Gasteiger partial charge in [0.1, 0.15) is 15.9 Å². The maximum Gasteiger partial charge on any atom is 0.263 e. The fourth-order valence-electron chi connectivity index (χ4n) is 4.36. The first-order valence-corrected chi connectivity index (χ1v) is 12.9. The molecule has 1 amide bonds. The van der Waals surface area contributed by atoms with E-state index in [1.807, 2.05) is 0 Å². The van der Waals surface area contributed by atoms with Gasteiger partial charge in [-0.3, -0.25) is 14.2 Å². The quantitative estimate of drug-likeness (QED) is 0.331. The van der Waals surface area contributed by atoms with Crippen LogP contribution in [0.1, 0.15) is 39.3 Å². The lowest BCUT2D eigenvalue weighted by Gasteiger charge is -2.10. The summed E-state index contributed by atoms with van der Waals surface area (Å²) in [7, 11) is 0. The summed E-state index contributed by atoms with van der Waals surface area (Å²) in [6, 6.07) is 2.25. The summed E-state index contributed by atoms with van der Waals surface area (Å²) in [5.41, 5.74) is 2.80. The van der Waals surface area contributed by atoms with Gasteiger partial charge in [-0.05, 0) is 49.7 Å². The van der Waals surface area contributed by atoms with Gasteiger partial charge in [0.2, 0.25) is 5.91 Å². The molecule has 3 heterocycles. The first kappa shape index (κ1) is 20.5. The van der Waals surface area contributed by atoms with Crippen molar-refractivity contribution in [3.63, 3.8) is 0 Å². The highest BCUT2D eigenvalue weighted by Gasteiger charge is 2.25. The number of thiophene rings is 2. The van der Waals surface area contributed by atoms with Crippen LogP contribution in [0.3, 0.4) is 0 Å².